The molecule has 0 aliphatic carbocycles. The first-order valence-electron chi connectivity index (χ1n) is 5.55. The number of nitro groups is 3. The molecule has 20 heavy (non-hydrogen) atoms. The summed E-state index contributed by atoms with van der Waals surface area (Å²) in [6.45, 7) is 3.12. The lowest BCUT2D eigenvalue weighted by Gasteiger charge is -2.11. The average molecular weight is 285 g/mol. The molecule has 1 aromatic carbocycles. The van der Waals surface area contributed by atoms with Gasteiger partial charge >= 0.3 is 17.1 Å². The van der Waals surface area contributed by atoms with Crippen LogP contribution in [0.2, 0.25) is 0 Å². The van der Waals surface area contributed by atoms with E-state index in [4.69, 9.17) is 0 Å². The summed E-state index contributed by atoms with van der Waals surface area (Å²) < 4.78 is 0. The molecule has 0 aliphatic rings. The predicted molar refractivity (Wildman–Crippen MR) is 66.8 cm³/mol. The lowest BCUT2D eigenvalue weighted by atomic mass is 9.94. The fourth-order valence-electron chi connectivity index (χ4n) is 1.80. The standard InChI is InChI=1S/C10H11N3O7/c1-3-5(2)8-9(13(19)20)6(11(15)16)4-7(10(8)14)12(17)18/h4-5,14H,3H2,1-2H3. The highest BCUT2D eigenvalue weighted by molar-refractivity contribution is 5.71. The van der Waals surface area contributed by atoms with E-state index in [1.165, 1.54) is 6.92 Å². The fraction of sp³-hybridized carbons (Fsp3) is 0.400. The van der Waals surface area contributed by atoms with Gasteiger partial charge in [0.25, 0.3) is 0 Å². The van der Waals surface area contributed by atoms with Gasteiger partial charge in [0.15, 0.2) is 0 Å². The van der Waals surface area contributed by atoms with E-state index >= 15 is 0 Å². The van der Waals surface area contributed by atoms with Crippen LogP contribution in [0, 0.1) is 30.3 Å². The second-order valence-electron chi connectivity index (χ2n) is 4.11. The highest BCUT2D eigenvalue weighted by atomic mass is 16.6. The number of rotatable bonds is 5. The molecule has 0 aliphatic heterocycles. The second kappa shape index (κ2) is 5.47. The molecular formula is C10H11N3O7. The molecule has 0 bridgehead atoms. The molecule has 0 amide bonds. The lowest BCUT2D eigenvalue weighted by molar-refractivity contribution is -0.425. The molecule has 0 saturated carbocycles. The van der Waals surface area contributed by atoms with Crippen molar-refractivity contribution in [2.24, 2.45) is 0 Å². The Balaban J connectivity index is 3.88. The Morgan fingerprint density at radius 3 is 1.95 bits per heavy atom. The van der Waals surface area contributed by atoms with Gasteiger partial charge in [-0.25, -0.2) is 0 Å². The molecule has 0 heterocycles. The first-order valence-corrected chi connectivity index (χ1v) is 5.55. The van der Waals surface area contributed by atoms with E-state index in [0.717, 1.165) is 0 Å². The van der Waals surface area contributed by atoms with Crippen molar-refractivity contribution >= 4 is 17.1 Å². The smallest absolute Gasteiger partial charge is 0.353 e. The van der Waals surface area contributed by atoms with Crippen molar-refractivity contribution in [3.05, 3.63) is 42.0 Å². The predicted octanol–water partition coefficient (Wildman–Crippen LogP) is 2.63. The quantitative estimate of drug-likeness (QED) is 0.644. The Morgan fingerprint density at radius 1 is 1.10 bits per heavy atom. The summed E-state index contributed by atoms with van der Waals surface area (Å²) in [6, 6.07) is 0.402. The number of benzene rings is 1. The molecule has 1 unspecified atom stereocenters. The van der Waals surface area contributed by atoms with Gasteiger partial charge in [0.05, 0.1) is 20.3 Å². The van der Waals surface area contributed by atoms with Crippen molar-refractivity contribution in [3.63, 3.8) is 0 Å². The minimum atomic E-state index is -1.07. The van der Waals surface area contributed by atoms with Gasteiger partial charge in [0.2, 0.25) is 5.75 Å². The number of aromatic hydroxyl groups is 1. The monoisotopic (exact) mass is 285 g/mol. The maximum atomic E-state index is 11.0. The number of phenolic OH excluding ortho intramolecular Hbond substituents is 1. The van der Waals surface area contributed by atoms with Crippen LogP contribution in [0.15, 0.2) is 6.07 Å². The van der Waals surface area contributed by atoms with Crippen molar-refractivity contribution in [2.45, 2.75) is 26.2 Å². The van der Waals surface area contributed by atoms with E-state index in [9.17, 15) is 35.4 Å². The Bertz CT molecular complexity index is 599. The second-order valence-corrected chi connectivity index (χ2v) is 4.11. The highest BCUT2D eigenvalue weighted by Gasteiger charge is 2.38. The largest absolute Gasteiger partial charge is 0.502 e. The van der Waals surface area contributed by atoms with E-state index in [2.05, 4.69) is 0 Å². The third-order valence-corrected chi connectivity index (χ3v) is 2.95. The maximum Gasteiger partial charge on any atom is 0.353 e. The van der Waals surface area contributed by atoms with Crippen molar-refractivity contribution in [2.75, 3.05) is 0 Å². The molecule has 10 nitrogen and oxygen atoms in total. The van der Waals surface area contributed by atoms with Crippen LogP contribution in [0.5, 0.6) is 5.75 Å². The Labute approximate surface area is 112 Å². The van der Waals surface area contributed by atoms with Gasteiger partial charge in [0, 0.05) is 0 Å². The summed E-state index contributed by atoms with van der Waals surface area (Å²) in [5.74, 6) is -1.55. The van der Waals surface area contributed by atoms with Crippen LogP contribution in [0.3, 0.4) is 0 Å². The lowest BCUT2D eigenvalue weighted by Crippen LogP contribution is -2.06. The first kappa shape index (κ1) is 15.3. The maximum absolute atomic E-state index is 11.0. The van der Waals surface area contributed by atoms with E-state index < -0.39 is 49.1 Å². The van der Waals surface area contributed by atoms with Crippen molar-refractivity contribution in [1.82, 2.24) is 0 Å². The van der Waals surface area contributed by atoms with E-state index in [0.29, 0.717) is 12.5 Å². The Kier molecular flexibility index (Phi) is 4.17. The molecule has 0 aromatic heterocycles. The number of phenols is 1. The van der Waals surface area contributed by atoms with Crippen LogP contribution in [-0.4, -0.2) is 19.9 Å². The molecule has 1 rings (SSSR count). The molecule has 0 spiro atoms. The van der Waals surface area contributed by atoms with Crippen LogP contribution in [0.4, 0.5) is 17.1 Å². The van der Waals surface area contributed by atoms with Crippen LogP contribution in [0.1, 0.15) is 31.7 Å². The van der Waals surface area contributed by atoms with Gasteiger partial charge in [-0.15, -0.1) is 0 Å². The van der Waals surface area contributed by atoms with E-state index in [1.54, 1.807) is 6.92 Å². The molecule has 0 fully saturated rings. The summed E-state index contributed by atoms with van der Waals surface area (Å²) in [7, 11) is 0. The van der Waals surface area contributed by atoms with Gasteiger partial charge in [-0.05, 0) is 12.3 Å². The molecule has 1 N–H and O–H groups in total. The van der Waals surface area contributed by atoms with Crippen LogP contribution >= 0.6 is 0 Å². The summed E-state index contributed by atoms with van der Waals surface area (Å²) in [5, 5.41) is 42.5. The third kappa shape index (κ3) is 2.48. The topological polar surface area (TPSA) is 150 Å². The fourth-order valence-corrected chi connectivity index (χ4v) is 1.80. The van der Waals surface area contributed by atoms with Crippen molar-refractivity contribution in [1.29, 1.82) is 0 Å². The summed E-state index contributed by atoms with van der Waals surface area (Å²) in [6.07, 6.45) is 0.312. The third-order valence-electron chi connectivity index (χ3n) is 2.95. The SMILES string of the molecule is CCC(C)c1c(O)c([N+](=O)[O-])cc([N+](=O)[O-])c1[N+](=O)[O-]. The van der Waals surface area contributed by atoms with Gasteiger partial charge < -0.3 is 5.11 Å². The van der Waals surface area contributed by atoms with Crippen LogP contribution < -0.4 is 0 Å². The van der Waals surface area contributed by atoms with Crippen LogP contribution in [-0.2, 0) is 0 Å². The minimum absolute atomic E-state index is 0.312. The van der Waals surface area contributed by atoms with E-state index in [1.807, 2.05) is 0 Å². The van der Waals surface area contributed by atoms with Gasteiger partial charge in [0.1, 0.15) is 6.07 Å². The minimum Gasteiger partial charge on any atom is -0.502 e. The summed E-state index contributed by atoms with van der Waals surface area (Å²) in [4.78, 5) is 29.6. The van der Waals surface area contributed by atoms with Gasteiger partial charge in [-0.1, -0.05) is 13.8 Å². The van der Waals surface area contributed by atoms with Crippen molar-refractivity contribution < 1.29 is 19.9 Å². The van der Waals surface area contributed by atoms with Crippen molar-refractivity contribution in [3.8, 4) is 5.75 Å². The average Bonchev–Trinajstić information content (AvgIpc) is 2.36. The summed E-state index contributed by atoms with van der Waals surface area (Å²) in [5.41, 5.74) is -3.22. The van der Waals surface area contributed by atoms with Crippen LogP contribution in [0.25, 0.3) is 0 Å². The molecule has 0 saturated heterocycles. The number of hydrogen-bond acceptors (Lipinski definition) is 7. The molecule has 10 heteroatoms. The Hall–Kier alpha value is -2.78. The summed E-state index contributed by atoms with van der Waals surface area (Å²) >= 11 is 0. The Morgan fingerprint density at radius 2 is 1.60 bits per heavy atom. The zero-order chi connectivity index (χ0) is 15.6. The molecule has 1 atom stereocenters. The van der Waals surface area contributed by atoms with Gasteiger partial charge in [-0.3, -0.25) is 30.3 Å². The van der Waals surface area contributed by atoms with E-state index in [-0.39, 0.29) is 0 Å². The zero-order valence-corrected chi connectivity index (χ0v) is 10.6. The molecule has 108 valence electrons. The molecule has 1 aromatic rings. The number of nitro benzene ring substituents is 3. The normalized spacial score (nSPS) is 11.9. The number of hydrogen-bond donors (Lipinski definition) is 1. The zero-order valence-electron chi connectivity index (χ0n) is 10.6. The highest BCUT2D eigenvalue weighted by Crippen LogP contribution is 2.46. The first-order chi connectivity index (χ1) is 9.22. The van der Waals surface area contributed by atoms with Gasteiger partial charge in [-0.2, -0.15) is 0 Å². The number of nitrogens with zero attached hydrogens (tertiary/aromatic N) is 3. The molecule has 0 radical (unpaired) electrons. The molecular weight excluding hydrogens is 274 g/mol.